The van der Waals surface area contributed by atoms with Crippen LogP contribution in [0.4, 0.5) is 0 Å². The molecule has 0 aliphatic carbocycles. The highest BCUT2D eigenvalue weighted by Gasteiger charge is 2.06. The molecule has 0 bridgehead atoms. The maximum atomic E-state index is 10.5. The molecule has 4 nitrogen and oxygen atoms in total. The molecule has 4 heteroatoms. The van der Waals surface area contributed by atoms with Gasteiger partial charge < -0.3 is 14.7 Å². The van der Waals surface area contributed by atoms with Crippen LogP contribution < -0.4 is 4.74 Å². The van der Waals surface area contributed by atoms with Crippen LogP contribution in [0.2, 0.25) is 0 Å². The summed E-state index contributed by atoms with van der Waals surface area (Å²) in [4.78, 5) is 12.5. The van der Waals surface area contributed by atoms with Crippen molar-refractivity contribution >= 4 is 5.97 Å². The Balaban J connectivity index is 2.33. The average molecular weight is 279 g/mol. The maximum absolute atomic E-state index is 10.5. The molecule has 112 valence electrons. The quantitative estimate of drug-likeness (QED) is 0.743. The molecule has 0 fully saturated rings. The highest BCUT2D eigenvalue weighted by molar-refractivity contribution is 5.66. The number of benzene rings is 1. The van der Waals surface area contributed by atoms with Crippen LogP contribution >= 0.6 is 0 Å². The Kier molecular flexibility index (Phi) is 6.52. The number of aryl methyl sites for hydroxylation is 3. The van der Waals surface area contributed by atoms with E-state index in [0.717, 1.165) is 18.7 Å². The second-order valence-corrected chi connectivity index (χ2v) is 5.38. The molecular formula is C16H25NO3. The Labute approximate surface area is 121 Å². The predicted octanol–water partition coefficient (Wildman–Crippen LogP) is 2.79. The molecular weight excluding hydrogens is 254 g/mol. The summed E-state index contributed by atoms with van der Waals surface area (Å²) in [5, 5.41) is 8.61. The van der Waals surface area contributed by atoms with Gasteiger partial charge in [-0.1, -0.05) is 17.7 Å². The predicted molar refractivity (Wildman–Crippen MR) is 80.5 cm³/mol. The number of aliphatic carboxylic acids is 1. The number of hydrogen-bond donors (Lipinski definition) is 1. The standard InChI is InChI=1S/C16H25NO3/c1-12-10-13(2)16(14(3)11-12)20-9-5-7-17(4)8-6-15(18)19/h10-11H,5-9H2,1-4H3,(H,18,19). The lowest BCUT2D eigenvalue weighted by molar-refractivity contribution is -0.137. The number of carboxylic acids is 1. The summed E-state index contributed by atoms with van der Waals surface area (Å²) in [6, 6.07) is 4.25. The normalized spacial score (nSPS) is 10.8. The van der Waals surface area contributed by atoms with Crippen molar-refractivity contribution in [3.05, 3.63) is 28.8 Å². The summed E-state index contributed by atoms with van der Waals surface area (Å²) in [5.74, 6) is 0.225. The van der Waals surface area contributed by atoms with Crippen molar-refractivity contribution in [1.29, 1.82) is 0 Å². The molecule has 1 N–H and O–H groups in total. The first-order chi connectivity index (χ1) is 9.40. The Hall–Kier alpha value is -1.55. The number of hydrogen-bond acceptors (Lipinski definition) is 3. The van der Waals surface area contributed by atoms with Gasteiger partial charge in [-0.25, -0.2) is 0 Å². The highest BCUT2D eigenvalue weighted by atomic mass is 16.5. The summed E-state index contributed by atoms with van der Waals surface area (Å²) in [7, 11) is 1.94. The van der Waals surface area contributed by atoms with Gasteiger partial charge in [0.15, 0.2) is 0 Å². The Morgan fingerprint density at radius 2 is 1.80 bits per heavy atom. The van der Waals surface area contributed by atoms with Crippen LogP contribution in [0.25, 0.3) is 0 Å². The van der Waals surface area contributed by atoms with E-state index >= 15 is 0 Å². The summed E-state index contributed by atoms with van der Waals surface area (Å²) < 4.78 is 5.86. The van der Waals surface area contributed by atoms with Gasteiger partial charge in [-0.3, -0.25) is 4.79 Å². The largest absolute Gasteiger partial charge is 0.493 e. The minimum atomic E-state index is -0.751. The van der Waals surface area contributed by atoms with Crippen molar-refractivity contribution < 1.29 is 14.6 Å². The molecule has 20 heavy (non-hydrogen) atoms. The maximum Gasteiger partial charge on any atom is 0.304 e. The van der Waals surface area contributed by atoms with Crippen molar-refractivity contribution in [1.82, 2.24) is 4.90 Å². The molecule has 0 amide bonds. The van der Waals surface area contributed by atoms with Crippen molar-refractivity contribution in [2.24, 2.45) is 0 Å². The fraction of sp³-hybridized carbons (Fsp3) is 0.562. The molecule has 0 aromatic heterocycles. The van der Waals surface area contributed by atoms with Crippen LogP contribution in [-0.4, -0.2) is 42.7 Å². The van der Waals surface area contributed by atoms with E-state index < -0.39 is 5.97 Å². The number of carboxylic acid groups (broad SMARTS) is 1. The van der Waals surface area contributed by atoms with E-state index in [4.69, 9.17) is 9.84 Å². The topological polar surface area (TPSA) is 49.8 Å². The lowest BCUT2D eigenvalue weighted by atomic mass is 10.1. The lowest BCUT2D eigenvalue weighted by Gasteiger charge is -2.17. The third kappa shape index (κ3) is 5.61. The van der Waals surface area contributed by atoms with Crippen molar-refractivity contribution in [3.63, 3.8) is 0 Å². The molecule has 1 rings (SSSR count). The van der Waals surface area contributed by atoms with E-state index in [-0.39, 0.29) is 6.42 Å². The fourth-order valence-corrected chi connectivity index (χ4v) is 2.30. The van der Waals surface area contributed by atoms with Gasteiger partial charge >= 0.3 is 5.97 Å². The van der Waals surface area contributed by atoms with Gasteiger partial charge in [0.1, 0.15) is 5.75 Å². The third-order valence-corrected chi connectivity index (χ3v) is 3.24. The van der Waals surface area contributed by atoms with Gasteiger partial charge in [0.05, 0.1) is 13.0 Å². The smallest absolute Gasteiger partial charge is 0.304 e. The summed E-state index contributed by atoms with van der Waals surface area (Å²) >= 11 is 0. The van der Waals surface area contributed by atoms with Crippen molar-refractivity contribution in [2.45, 2.75) is 33.6 Å². The number of carbonyl (C=O) groups is 1. The molecule has 0 radical (unpaired) electrons. The van der Waals surface area contributed by atoms with Crippen LogP contribution in [0.15, 0.2) is 12.1 Å². The van der Waals surface area contributed by atoms with E-state index in [9.17, 15) is 4.79 Å². The van der Waals surface area contributed by atoms with Crippen LogP contribution in [0.1, 0.15) is 29.5 Å². The summed E-state index contributed by atoms with van der Waals surface area (Å²) in [6.45, 7) is 8.29. The zero-order valence-electron chi connectivity index (χ0n) is 12.9. The zero-order chi connectivity index (χ0) is 15.1. The summed E-state index contributed by atoms with van der Waals surface area (Å²) in [5.41, 5.74) is 3.59. The van der Waals surface area contributed by atoms with Gasteiger partial charge in [0, 0.05) is 13.1 Å². The monoisotopic (exact) mass is 279 g/mol. The van der Waals surface area contributed by atoms with E-state index in [1.165, 1.54) is 16.7 Å². The molecule has 0 saturated carbocycles. The first-order valence-corrected chi connectivity index (χ1v) is 7.01. The first kappa shape index (κ1) is 16.5. The average Bonchev–Trinajstić information content (AvgIpc) is 2.34. The molecule has 1 aromatic rings. The van der Waals surface area contributed by atoms with Gasteiger partial charge in [-0.05, 0) is 45.4 Å². The second-order valence-electron chi connectivity index (χ2n) is 5.38. The lowest BCUT2D eigenvalue weighted by Crippen LogP contribution is -2.24. The fourth-order valence-electron chi connectivity index (χ4n) is 2.30. The Morgan fingerprint density at radius 3 is 2.35 bits per heavy atom. The number of nitrogens with zero attached hydrogens (tertiary/aromatic N) is 1. The highest BCUT2D eigenvalue weighted by Crippen LogP contribution is 2.24. The van der Waals surface area contributed by atoms with Crippen LogP contribution in [0, 0.1) is 20.8 Å². The van der Waals surface area contributed by atoms with E-state index in [1.54, 1.807) is 0 Å². The second kappa shape index (κ2) is 7.90. The molecule has 0 heterocycles. The first-order valence-electron chi connectivity index (χ1n) is 7.01. The number of ether oxygens (including phenoxy) is 1. The molecule has 0 saturated heterocycles. The molecule has 0 aliphatic rings. The van der Waals surface area contributed by atoms with Gasteiger partial charge in [-0.15, -0.1) is 0 Å². The molecule has 1 aromatic carbocycles. The minimum Gasteiger partial charge on any atom is -0.493 e. The molecule has 0 aliphatic heterocycles. The zero-order valence-corrected chi connectivity index (χ0v) is 12.9. The van der Waals surface area contributed by atoms with E-state index in [0.29, 0.717) is 13.2 Å². The van der Waals surface area contributed by atoms with Crippen LogP contribution in [0.5, 0.6) is 5.75 Å². The summed E-state index contributed by atoms with van der Waals surface area (Å²) in [6.07, 6.45) is 1.08. The molecule has 0 atom stereocenters. The van der Waals surface area contributed by atoms with Gasteiger partial charge in [0.2, 0.25) is 0 Å². The van der Waals surface area contributed by atoms with Gasteiger partial charge in [0.25, 0.3) is 0 Å². The Morgan fingerprint density at radius 1 is 1.20 bits per heavy atom. The van der Waals surface area contributed by atoms with Crippen molar-refractivity contribution in [3.8, 4) is 5.75 Å². The van der Waals surface area contributed by atoms with E-state index in [1.807, 2.05) is 11.9 Å². The van der Waals surface area contributed by atoms with Crippen LogP contribution in [0.3, 0.4) is 0 Å². The molecule has 0 unspecified atom stereocenters. The van der Waals surface area contributed by atoms with Crippen LogP contribution in [-0.2, 0) is 4.79 Å². The van der Waals surface area contributed by atoms with Crippen molar-refractivity contribution in [2.75, 3.05) is 26.7 Å². The molecule has 0 spiro atoms. The van der Waals surface area contributed by atoms with E-state index in [2.05, 4.69) is 32.9 Å². The van der Waals surface area contributed by atoms with Gasteiger partial charge in [-0.2, -0.15) is 0 Å². The third-order valence-electron chi connectivity index (χ3n) is 3.24. The Bertz CT molecular complexity index is 434. The SMILES string of the molecule is Cc1cc(C)c(OCCCN(C)CCC(=O)O)c(C)c1. The minimum absolute atomic E-state index is 0.188. The number of rotatable bonds is 8.